The van der Waals surface area contributed by atoms with Crippen LogP contribution in [0.3, 0.4) is 0 Å². The van der Waals surface area contributed by atoms with Gasteiger partial charge in [0.25, 0.3) is 0 Å². The van der Waals surface area contributed by atoms with Gasteiger partial charge in [0.05, 0.1) is 18.1 Å². The lowest BCUT2D eigenvalue weighted by Crippen LogP contribution is -2.45. The molecule has 0 N–H and O–H groups in total. The predicted molar refractivity (Wildman–Crippen MR) is 77.0 cm³/mol. The number of esters is 1. The summed E-state index contributed by atoms with van der Waals surface area (Å²) in [5, 5.41) is 0. The van der Waals surface area contributed by atoms with Crippen LogP contribution in [0, 0.1) is 11.3 Å². The van der Waals surface area contributed by atoms with Crippen molar-refractivity contribution in [3.8, 4) is 0 Å². The predicted octanol–water partition coefficient (Wildman–Crippen LogP) is 3.95. The van der Waals surface area contributed by atoms with E-state index in [9.17, 15) is 4.79 Å². The second kappa shape index (κ2) is 7.88. The molecule has 3 heteroatoms. The zero-order chi connectivity index (χ0) is 14.3. The molecule has 1 rings (SSSR count). The highest BCUT2D eigenvalue weighted by Crippen LogP contribution is 2.42. The highest BCUT2D eigenvalue weighted by Gasteiger charge is 2.46. The fourth-order valence-electron chi connectivity index (χ4n) is 3.15. The van der Waals surface area contributed by atoms with Crippen molar-refractivity contribution in [3.05, 3.63) is 0 Å². The summed E-state index contributed by atoms with van der Waals surface area (Å²) >= 11 is 0. The van der Waals surface area contributed by atoms with E-state index in [-0.39, 0.29) is 12.1 Å². The van der Waals surface area contributed by atoms with Crippen molar-refractivity contribution in [2.75, 3.05) is 13.2 Å². The van der Waals surface area contributed by atoms with Crippen molar-refractivity contribution in [2.24, 2.45) is 11.3 Å². The summed E-state index contributed by atoms with van der Waals surface area (Å²) < 4.78 is 11.2. The molecule has 0 aromatic carbocycles. The van der Waals surface area contributed by atoms with Crippen molar-refractivity contribution in [2.45, 2.75) is 72.3 Å². The molecular formula is C16H30O3. The van der Waals surface area contributed by atoms with Gasteiger partial charge < -0.3 is 9.47 Å². The quantitative estimate of drug-likeness (QED) is 0.657. The molecule has 19 heavy (non-hydrogen) atoms. The van der Waals surface area contributed by atoms with Gasteiger partial charge >= 0.3 is 5.97 Å². The molecule has 1 unspecified atom stereocenters. The molecule has 0 aromatic rings. The summed E-state index contributed by atoms with van der Waals surface area (Å²) in [5.74, 6) is 0.370. The monoisotopic (exact) mass is 270 g/mol. The Bertz CT molecular complexity index is 269. The van der Waals surface area contributed by atoms with Gasteiger partial charge in [-0.05, 0) is 46.0 Å². The van der Waals surface area contributed by atoms with Crippen LogP contribution in [-0.2, 0) is 14.3 Å². The Hall–Kier alpha value is -0.570. The van der Waals surface area contributed by atoms with E-state index >= 15 is 0 Å². The number of ether oxygens (including phenoxy) is 2. The van der Waals surface area contributed by atoms with E-state index < -0.39 is 5.41 Å². The smallest absolute Gasteiger partial charge is 0.314 e. The molecule has 0 saturated heterocycles. The number of carbonyl (C=O) groups excluding carboxylic acids is 1. The van der Waals surface area contributed by atoms with Crippen molar-refractivity contribution in [3.63, 3.8) is 0 Å². The molecule has 1 aliphatic rings. The SMILES string of the molecule is CCOCC(CC)(C(=O)OC(C)C)C1CCCCC1. The molecule has 1 aliphatic carbocycles. The lowest BCUT2D eigenvalue weighted by molar-refractivity contribution is -0.170. The molecule has 3 nitrogen and oxygen atoms in total. The Morgan fingerprint density at radius 2 is 1.84 bits per heavy atom. The Morgan fingerprint density at radius 1 is 1.21 bits per heavy atom. The minimum Gasteiger partial charge on any atom is -0.462 e. The lowest BCUT2D eigenvalue weighted by Gasteiger charge is -2.40. The molecule has 1 atom stereocenters. The van der Waals surface area contributed by atoms with Crippen molar-refractivity contribution in [1.29, 1.82) is 0 Å². The average molecular weight is 270 g/mol. The molecule has 1 fully saturated rings. The van der Waals surface area contributed by atoms with E-state index in [0.29, 0.717) is 19.1 Å². The first-order valence-corrected chi connectivity index (χ1v) is 7.85. The summed E-state index contributed by atoms with van der Waals surface area (Å²) in [5.41, 5.74) is -0.430. The average Bonchev–Trinajstić information content (AvgIpc) is 2.40. The number of rotatable bonds is 7. The van der Waals surface area contributed by atoms with E-state index in [0.717, 1.165) is 19.3 Å². The standard InChI is InChI=1S/C16H30O3/c1-5-16(12-18-6-2,15(17)19-13(3)4)14-10-8-7-9-11-14/h13-14H,5-12H2,1-4H3. The molecule has 0 aromatic heterocycles. The fourth-order valence-corrected chi connectivity index (χ4v) is 3.15. The first-order valence-electron chi connectivity index (χ1n) is 7.85. The normalized spacial score (nSPS) is 20.3. The second-order valence-corrected chi connectivity index (χ2v) is 5.94. The number of hydrogen-bond donors (Lipinski definition) is 0. The van der Waals surface area contributed by atoms with Crippen LogP contribution in [0.5, 0.6) is 0 Å². The zero-order valence-corrected chi connectivity index (χ0v) is 13.0. The number of carbonyl (C=O) groups is 1. The van der Waals surface area contributed by atoms with E-state index in [1.807, 2.05) is 20.8 Å². The van der Waals surface area contributed by atoms with Crippen LogP contribution >= 0.6 is 0 Å². The van der Waals surface area contributed by atoms with Crippen molar-refractivity contribution >= 4 is 5.97 Å². The van der Waals surface area contributed by atoms with Crippen LogP contribution < -0.4 is 0 Å². The Kier molecular flexibility index (Phi) is 6.84. The molecular weight excluding hydrogens is 240 g/mol. The maximum Gasteiger partial charge on any atom is 0.314 e. The third kappa shape index (κ3) is 4.20. The van der Waals surface area contributed by atoms with Gasteiger partial charge in [-0.3, -0.25) is 4.79 Å². The van der Waals surface area contributed by atoms with Gasteiger partial charge in [0.15, 0.2) is 0 Å². The molecule has 0 heterocycles. The van der Waals surface area contributed by atoms with Gasteiger partial charge in [-0.25, -0.2) is 0 Å². The second-order valence-electron chi connectivity index (χ2n) is 5.94. The Labute approximate surface area is 118 Å². The summed E-state index contributed by atoms with van der Waals surface area (Å²) in [6.07, 6.45) is 6.78. The van der Waals surface area contributed by atoms with Crippen LogP contribution in [0.15, 0.2) is 0 Å². The highest BCUT2D eigenvalue weighted by molar-refractivity contribution is 5.77. The highest BCUT2D eigenvalue weighted by atomic mass is 16.5. The van der Waals surface area contributed by atoms with Crippen molar-refractivity contribution < 1.29 is 14.3 Å². The molecule has 0 amide bonds. The summed E-state index contributed by atoms with van der Waals surface area (Å²) in [6.45, 7) is 9.07. The number of hydrogen-bond acceptors (Lipinski definition) is 3. The maximum atomic E-state index is 12.6. The van der Waals surface area contributed by atoms with E-state index in [1.165, 1.54) is 19.3 Å². The molecule has 0 radical (unpaired) electrons. The van der Waals surface area contributed by atoms with Gasteiger partial charge in [0.2, 0.25) is 0 Å². The lowest BCUT2D eigenvalue weighted by atomic mass is 9.67. The molecule has 1 saturated carbocycles. The van der Waals surface area contributed by atoms with Crippen LogP contribution in [0.2, 0.25) is 0 Å². The van der Waals surface area contributed by atoms with Gasteiger partial charge in [0, 0.05) is 6.61 Å². The van der Waals surface area contributed by atoms with Crippen LogP contribution in [0.25, 0.3) is 0 Å². The van der Waals surface area contributed by atoms with Gasteiger partial charge in [-0.2, -0.15) is 0 Å². The van der Waals surface area contributed by atoms with Crippen molar-refractivity contribution in [1.82, 2.24) is 0 Å². The van der Waals surface area contributed by atoms with E-state index in [1.54, 1.807) is 0 Å². The third-order valence-corrected chi connectivity index (χ3v) is 4.33. The summed E-state index contributed by atoms with van der Waals surface area (Å²) in [7, 11) is 0. The van der Waals surface area contributed by atoms with Gasteiger partial charge in [-0.15, -0.1) is 0 Å². The Morgan fingerprint density at radius 3 is 2.32 bits per heavy atom. The zero-order valence-electron chi connectivity index (χ0n) is 13.0. The minimum absolute atomic E-state index is 0.0506. The van der Waals surface area contributed by atoms with Gasteiger partial charge in [0.1, 0.15) is 0 Å². The Balaban J connectivity index is 2.87. The minimum atomic E-state index is -0.430. The van der Waals surface area contributed by atoms with E-state index in [2.05, 4.69) is 6.92 Å². The van der Waals surface area contributed by atoms with Crippen LogP contribution in [0.4, 0.5) is 0 Å². The van der Waals surface area contributed by atoms with Crippen LogP contribution in [0.1, 0.15) is 66.2 Å². The fraction of sp³-hybridized carbons (Fsp3) is 0.938. The van der Waals surface area contributed by atoms with E-state index in [4.69, 9.17) is 9.47 Å². The summed E-state index contributed by atoms with van der Waals surface area (Å²) in [4.78, 5) is 12.6. The first-order chi connectivity index (χ1) is 9.06. The van der Waals surface area contributed by atoms with Crippen LogP contribution in [-0.4, -0.2) is 25.3 Å². The molecule has 112 valence electrons. The molecule has 0 spiro atoms. The topological polar surface area (TPSA) is 35.5 Å². The largest absolute Gasteiger partial charge is 0.462 e. The molecule has 0 bridgehead atoms. The first kappa shape index (κ1) is 16.5. The molecule has 0 aliphatic heterocycles. The van der Waals surface area contributed by atoms with Gasteiger partial charge in [-0.1, -0.05) is 26.2 Å². The third-order valence-electron chi connectivity index (χ3n) is 4.33. The maximum absolute atomic E-state index is 12.6. The summed E-state index contributed by atoms with van der Waals surface area (Å²) in [6, 6.07) is 0.